The molecule has 0 aliphatic heterocycles. The Morgan fingerprint density at radius 1 is 0.583 bits per heavy atom. The van der Waals surface area contributed by atoms with Crippen molar-refractivity contribution in [2.75, 3.05) is 10.6 Å². The molecule has 1 aliphatic carbocycles. The molecule has 4 rings (SSSR count). The fraction of sp³-hybridized carbons (Fsp3) is 0.0417. The summed E-state index contributed by atoms with van der Waals surface area (Å²) in [6.45, 7) is 0. The van der Waals surface area contributed by atoms with E-state index < -0.39 is 69.5 Å². The number of hydrogen-bond donors (Lipinski definition) is 2. The molecule has 0 radical (unpaired) electrons. The molecule has 4 nitrogen and oxygen atoms in total. The van der Waals surface area contributed by atoms with Gasteiger partial charge in [-0.1, -0.05) is 36.4 Å². The summed E-state index contributed by atoms with van der Waals surface area (Å²) in [6.07, 6.45) is 0. The molecule has 3 aromatic carbocycles. The molecule has 0 heterocycles. The second-order valence-corrected chi connectivity index (χ2v) is 7.29. The fourth-order valence-corrected chi connectivity index (χ4v) is 3.25. The van der Waals surface area contributed by atoms with Crippen LogP contribution in [0.4, 0.5) is 46.5 Å². The largest absolute Gasteiger partial charge is 0.441 e. The molecule has 12 heteroatoms. The van der Waals surface area contributed by atoms with Crippen LogP contribution in [0.25, 0.3) is 0 Å². The van der Waals surface area contributed by atoms with Crippen LogP contribution in [0.1, 0.15) is 0 Å². The minimum atomic E-state index is -4.16. The Balaban J connectivity index is 1.94. The Morgan fingerprint density at radius 3 is 1.33 bits per heavy atom. The molecule has 2 N–H and O–H groups in total. The summed E-state index contributed by atoms with van der Waals surface area (Å²) in [4.78, 5) is 12.3. The number of benzene rings is 3. The van der Waals surface area contributed by atoms with Crippen molar-refractivity contribution in [2.24, 2.45) is 0 Å². The maximum atomic E-state index is 16.6. The van der Waals surface area contributed by atoms with E-state index in [1.807, 2.05) is 0 Å². The van der Waals surface area contributed by atoms with E-state index in [-0.39, 0.29) is 11.4 Å². The number of halogens is 8. The second-order valence-electron chi connectivity index (χ2n) is 7.29. The van der Waals surface area contributed by atoms with Crippen LogP contribution in [0.5, 0.6) is 5.75 Å². The normalized spacial score (nSPS) is 15.3. The number of rotatable bonds is 6. The Bertz CT molecular complexity index is 1310. The second kappa shape index (κ2) is 9.36. The summed E-state index contributed by atoms with van der Waals surface area (Å²) in [7, 11) is 0. The molecule has 0 saturated heterocycles. The zero-order valence-corrected chi connectivity index (χ0v) is 17.6. The Labute approximate surface area is 197 Å². The zero-order valence-electron chi connectivity index (χ0n) is 17.6. The number of hydrogen-bond acceptors (Lipinski definition) is 4. The lowest BCUT2D eigenvalue weighted by molar-refractivity contribution is -0.116. The summed E-state index contributed by atoms with van der Waals surface area (Å²) >= 11 is 0. The van der Waals surface area contributed by atoms with Crippen molar-refractivity contribution in [3.05, 3.63) is 113 Å². The molecule has 0 saturated carbocycles. The molecule has 186 valence electrons. The van der Waals surface area contributed by atoms with Gasteiger partial charge in [-0.3, -0.25) is 4.79 Å². The molecule has 0 unspecified atom stereocenters. The topological polar surface area (TPSA) is 50.4 Å². The van der Waals surface area contributed by atoms with Crippen LogP contribution < -0.4 is 15.4 Å². The molecule has 3 aromatic rings. The average molecular weight is 512 g/mol. The average Bonchev–Trinajstić information content (AvgIpc) is 2.89. The van der Waals surface area contributed by atoms with Gasteiger partial charge >= 0.3 is 5.85 Å². The van der Waals surface area contributed by atoms with Gasteiger partial charge < -0.3 is 15.4 Å². The van der Waals surface area contributed by atoms with Crippen LogP contribution in [0.15, 0.2) is 83.7 Å². The van der Waals surface area contributed by atoms with Crippen LogP contribution in [0, 0.1) is 29.1 Å². The maximum absolute atomic E-state index is 16.6. The summed E-state index contributed by atoms with van der Waals surface area (Å²) in [6, 6.07) is 13.6. The van der Waals surface area contributed by atoms with Gasteiger partial charge in [0.1, 0.15) is 11.4 Å². The van der Waals surface area contributed by atoms with Crippen LogP contribution in [0.2, 0.25) is 0 Å². The first-order valence-corrected chi connectivity index (χ1v) is 9.95. The summed E-state index contributed by atoms with van der Waals surface area (Å²) < 4.78 is 121. The van der Waals surface area contributed by atoms with E-state index in [4.69, 9.17) is 0 Å². The quantitative estimate of drug-likeness (QED) is 0.222. The lowest BCUT2D eigenvalue weighted by Crippen LogP contribution is -2.46. The van der Waals surface area contributed by atoms with Gasteiger partial charge in [-0.2, -0.15) is 13.2 Å². The molecular weight excluding hydrogens is 500 g/mol. The third kappa shape index (κ3) is 4.14. The summed E-state index contributed by atoms with van der Waals surface area (Å²) in [5, 5.41) is 4.25. The lowest BCUT2D eigenvalue weighted by Gasteiger charge is -2.34. The Kier molecular flexibility index (Phi) is 6.44. The van der Waals surface area contributed by atoms with E-state index in [0.29, 0.717) is 0 Å². The highest BCUT2D eigenvalue weighted by Gasteiger charge is 2.54. The molecule has 0 amide bonds. The number of alkyl halides is 1. The number of ether oxygens (including phenoxy) is 1. The predicted octanol–water partition coefficient (Wildman–Crippen LogP) is 6.60. The van der Waals surface area contributed by atoms with Crippen molar-refractivity contribution in [2.45, 2.75) is 5.85 Å². The van der Waals surface area contributed by atoms with Crippen LogP contribution in [-0.4, -0.2) is 11.6 Å². The number of para-hydroxylation sites is 2. The first kappa shape index (κ1) is 24.8. The standard InChI is InChI=1S/C24H12F8N2O2/c25-13-14(26)16(28)21(17(29)15(13)27)36-24(32)22(33-11-7-3-1-4-8-11)18(30)20(35)19(31)23(24)34-12-9-5-2-6-10-12/h1-10,33-34H. The van der Waals surface area contributed by atoms with Crippen molar-refractivity contribution < 1.29 is 44.7 Å². The van der Waals surface area contributed by atoms with Crippen LogP contribution in [-0.2, 0) is 4.79 Å². The third-order valence-electron chi connectivity index (χ3n) is 4.98. The van der Waals surface area contributed by atoms with E-state index in [0.717, 1.165) is 0 Å². The smallest absolute Gasteiger partial charge is 0.336 e. The zero-order chi connectivity index (χ0) is 26.2. The number of nitrogens with one attached hydrogen (secondary N) is 2. The number of ketones is 1. The van der Waals surface area contributed by atoms with E-state index in [9.17, 15) is 35.5 Å². The number of carbonyl (C=O) groups excluding carboxylic acids is 1. The summed E-state index contributed by atoms with van der Waals surface area (Å²) in [5.41, 5.74) is -3.22. The van der Waals surface area contributed by atoms with E-state index >= 15 is 4.39 Å². The SMILES string of the molecule is O=C1C(F)=C(Nc2ccccc2)C(F)(Oc2c(F)c(F)c(F)c(F)c2F)C(Nc2ccccc2)=C1F. The van der Waals surface area contributed by atoms with Gasteiger partial charge in [0.2, 0.25) is 34.8 Å². The van der Waals surface area contributed by atoms with Gasteiger partial charge in [0.25, 0.3) is 5.78 Å². The minimum Gasteiger partial charge on any atom is -0.441 e. The maximum Gasteiger partial charge on any atom is 0.336 e. The van der Waals surface area contributed by atoms with Crippen LogP contribution in [0.3, 0.4) is 0 Å². The number of Topliss-reactive ketones (excluding diaryl/α,β-unsaturated/α-hetero) is 1. The van der Waals surface area contributed by atoms with Gasteiger partial charge in [-0.25, -0.2) is 22.0 Å². The minimum absolute atomic E-state index is 0.0974. The summed E-state index contributed by atoms with van der Waals surface area (Å²) in [5.74, 6) is -25.3. The molecule has 0 fully saturated rings. The molecule has 36 heavy (non-hydrogen) atoms. The van der Waals surface area contributed by atoms with Gasteiger partial charge in [0, 0.05) is 11.4 Å². The van der Waals surface area contributed by atoms with Crippen molar-refractivity contribution >= 4 is 17.2 Å². The van der Waals surface area contributed by atoms with Gasteiger partial charge in [-0.15, -0.1) is 0 Å². The molecule has 1 aliphatic rings. The molecular formula is C24H12F8N2O2. The van der Waals surface area contributed by atoms with E-state index in [1.165, 1.54) is 60.7 Å². The molecule has 0 aromatic heterocycles. The molecule has 0 spiro atoms. The monoisotopic (exact) mass is 512 g/mol. The number of allylic oxidation sites excluding steroid dienone is 2. The van der Waals surface area contributed by atoms with Gasteiger partial charge in [-0.05, 0) is 24.3 Å². The lowest BCUT2D eigenvalue weighted by atomic mass is 9.98. The van der Waals surface area contributed by atoms with Crippen molar-refractivity contribution in [3.8, 4) is 5.75 Å². The van der Waals surface area contributed by atoms with Crippen LogP contribution >= 0.6 is 0 Å². The fourth-order valence-electron chi connectivity index (χ4n) is 3.25. The highest BCUT2D eigenvalue weighted by Crippen LogP contribution is 2.44. The third-order valence-corrected chi connectivity index (χ3v) is 4.98. The highest BCUT2D eigenvalue weighted by atomic mass is 19.2. The number of carbonyl (C=O) groups is 1. The van der Waals surface area contributed by atoms with Crippen molar-refractivity contribution in [3.63, 3.8) is 0 Å². The predicted molar refractivity (Wildman–Crippen MR) is 112 cm³/mol. The first-order valence-electron chi connectivity index (χ1n) is 9.95. The van der Waals surface area contributed by atoms with E-state index in [2.05, 4.69) is 15.4 Å². The van der Waals surface area contributed by atoms with Crippen molar-refractivity contribution in [1.29, 1.82) is 0 Å². The Morgan fingerprint density at radius 2 is 0.944 bits per heavy atom. The van der Waals surface area contributed by atoms with E-state index in [1.54, 1.807) is 0 Å². The highest BCUT2D eigenvalue weighted by molar-refractivity contribution is 6.08. The molecule has 0 atom stereocenters. The molecule has 0 bridgehead atoms. The van der Waals surface area contributed by atoms with Gasteiger partial charge in [0.15, 0.2) is 11.7 Å². The van der Waals surface area contributed by atoms with Crippen molar-refractivity contribution in [1.82, 2.24) is 0 Å². The Hall–Kier alpha value is -4.35. The van der Waals surface area contributed by atoms with Gasteiger partial charge in [0.05, 0.1) is 0 Å². The number of anilines is 2. The first-order chi connectivity index (χ1) is 17.1.